The molecule has 5 rings (SSSR count). The fourth-order valence-electron chi connectivity index (χ4n) is 5.43. The SMILES string of the molecule is Cc1ccc(C(=O)N2Cc3ccccc3CC2C(=O)NC2CCCc3ccc(C(C)C)cc32)cc1. The maximum Gasteiger partial charge on any atom is 0.254 e. The van der Waals surface area contributed by atoms with Crippen molar-refractivity contribution in [3.63, 3.8) is 0 Å². The molecule has 0 spiro atoms. The van der Waals surface area contributed by atoms with Crippen LogP contribution in [0.25, 0.3) is 0 Å². The van der Waals surface area contributed by atoms with Crippen LogP contribution in [0, 0.1) is 6.92 Å². The second-order valence-electron chi connectivity index (χ2n) is 10.4. The minimum Gasteiger partial charge on any atom is -0.347 e. The van der Waals surface area contributed by atoms with Crippen molar-refractivity contribution >= 4 is 11.8 Å². The largest absolute Gasteiger partial charge is 0.347 e. The molecule has 0 saturated heterocycles. The molecule has 2 unspecified atom stereocenters. The maximum absolute atomic E-state index is 13.8. The summed E-state index contributed by atoms with van der Waals surface area (Å²) < 4.78 is 0. The van der Waals surface area contributed by atoms with E-state index in [0.717, 1.165) is 36.0 Å². The van der Waals surface area contributed by atoms with Crippen molar-refractivity contribution in [3.8, 4) is 0 Å². The van der Waals surface area contributed by atoms with Crippen molar-refractivity contribution < 1.29 is 9.59 Å². The van der Waals surface area contributed by atoms with Gasteiger partial charge in [0.05, 0.1) is 6.04 Å². The van der Waals surface area contributed by atoms with E-state index in [1.165, 1.54) is 16.7 Å². The molecule has 2 atom stereocenters. The Balaban J connectivity index is 1.44. The molecular weight excluding hydrogens is 432 g/mol. The summed E-state index contributed by atoms with van der Waals surface area (Å²) in [5.41, 5.74) is 7.85. The van der Waals surface area contributed by atoms with Gasteiger partial charge in [-0.05, 0) is 72.1 Å². The Labute approximate surface area is 208 Å². The highest BCUT2D eigenvalue weighted by atomic mass is 16.2. The Morgan fingerprint density at radius 2 is 1.69 bits per heavy atom. The maximum atomic E-state index is 13.8. The second-order valence-corrected chi connectivity index (χ2v) is 10.4. The quantitative estimate of drug-likeness (QED) is 0.522. The van der Waals surface area contributed by atoms with Gasteiger partial charge < -0.3 is 10.2 Å². The number of nitrogens with one attached hydrogen (secondary N) is 1. The molecule has 0 radical (unpaired) electrons. The number of hydrogen-bond donors (Lipinski definition) is 1. The van der Waals surface area contributed by atoms with Crippen LogP contribution in [-0.4, -0.2) is 22.8 Å². The predicted octanol–water partition coefficient (Wildman–Crippen LogP) is 5.88. The Morgan fingerprint density at radius 3 is 2.43 bits per heavy atom. The van der Waals surface area contributed by atoms with Gasteiger partial charge >= 0.3 is 0 Å². The van der Waals surface area contributed by atoms with Gasteiger partial charge in [0.2, 0.25) is 5.91 Å². The molecule has 2 amide bonds. The fraction of sp³-hybridized carbons (Fsp3) is 0.355. The molecule has 3 aromatic carbocycles. The molecule has 0 saturated carbocycles. The summed E-state index contributed by atoms with van der Waals surface area (Å²) in [7, 11) is 0. The lowest BCUT2D eigenvalue weighted by Crippen LogP contribution is -2.53. The number of aryl methyl sites for hydroxylation is 2. The summed E-state index contributed by atoms with van der Waals surface area (Å²) in [4.78, 5) is 29.2. The molecule has 4 heteroatoms. The first-order chi connectivity index (χ1) is 16.9. The van der Waals surface area contributed by atoms with E-state index >= 15 is 0 Å². The van der Waals surface area contributed by atoms with Gasteiger partial charge in [0, 0.05) is 18.5 Å². The summed E-state index contributed by atoms with van der Waals surface area (Å²) in [6.07, 6.45) is 3.56. The summed E-state index contributed by atoms with van der Waals surface area (Å²) >= 11 is 0. The molecule has 1 heterocycles. The van der Waals surface area contributed by atoms with Gasteiger partial charge in [0.1, 0.15) is 6.04 Å². The van der Waals surface area contributed by atoms with Crippen LogP contribution < -0.4 is 5.32 Å². The van der Waals surface area contributed by atoms with E-state index in [-0.39, 0.29) is 17.9 Å². The van der Waals surface area contributed by atoms with Crippen molar-refractivity contribution in [1.29, 1.82) is 0 Å². The number of carbonyl (C=O) groups is 2. The first-order valence-corrected chi connectivity index (χ1v) is 12.8. The summed E-state index contributed by atoms with van der Waals surface area (Å²) in [6, 6.07) is 21.9. The topological polar surface area (TPSA) is 49.4 Å². The van der Waals surface area contributed by atoms with E-state index in [0.29, 0.717) is 24.4 Å². The van der Waals surface area contributed by atoms with Gasteiger partial charge in [0.15, 0.2) is 0 Å². The van der Waals surface area contributed by atoms with Gasteiger partial charge in [-0.1, -0.05) is 74.0 Å². The number of benzene rings is 3. The predicted molar refractivity (Wildman–Crippen MR) is 139 cm³/mol. The standard InChI is InChI=1S/C31H34N2O2/c1-20(2)24-16-15-22-9-6-10-28(27(22)17-24)32-30(34)29-18-25-7-4-5-8-26(25)19-33(29)31(35)23-13-11-21(3)12-14-23/h4-5,7-8,11-17,20,28-29H,6,9-10,18-19H2,1-3H3,(H,32,34). The van der Waals surface area contributed by atoms with Crippen LogP contribution in [0.5, 0.6) is 0 Å². The Morgan fingerprint density at radius 1 is 0.943 bits per heavy atom. The van der Waals surface area contributed by atoms with E-state index < -0.39 is 6.04 Å². The highest BCUT2D eigenvalue weighted by Gasteiger charge is 2.36. The molecule has 0 bridgehead atoms. The van der Waals surface area contributed by atoms with E-state index in [2.05, 4.69) is 49.5 Å². The lowest BCUT2D eigenvalue weighted by Gasteiger charge is -2.37. The summed E-state index contributed by atoms with van der Waals surface area (Å²) in [5.74, 6) is 0.287. The van der Waals surface area contributed by atoms with Gasteiger partial charge in [-0.3, -0.25) is 9.59 Å². The number of nitrogens with zero attached hydrogens (tertiary/aromatic N) is 1. The summed E-state index contributed by atoms with van der Waals surface area (Å²) in [5, 5.41) is 3.35. The molecule has 2 aliphatic rings. The molecule has 4 nitrogen and oxygen atoms in total. The summed E-state index contributed by atoms with van der Waals surface area (Å²) in [6.45, 7) is 6.85. The lowest BCUT2D eigenvalue weighted by atomic mass is 9.84. The van der Waals surface area contributed by atoms with Crippen LogP contribution in [0.2, 0.25) is 0 Å². The van der Waals surface area contributed by atoms with Crippen LogP contribution in [-0.2, 0) is 24.2 Å². The molecule has 35 heavy (non-hydrogen) atoms. The van der Waals surface area contributed by atoms with Crippen molar-refractivity contribution in [2.75, 3.05) is 0 Å². The first-order valence-electron chi connectivity index (χ1n) is 12.8. The number of amides is 2. The van der Waals surface area contributed by atoms with Crippen molar-refractivity contribution in [2.45, 2.75) is 71.0 Å². The van der Waals surface area contributed by atoms with E-state index in [4.69, 9.17) is 0 Å². The van der Waals surface area contributed by atoms with Crippen molar-refractivity contribution in [3.05, 3.63) is 106 Å². The average molecular weight is 467 g/mol. The fourth-order valence-corrected chi connectivity index (χ4v) is 5.43. The van der Waals surface area contributed by atoms with E-state index in [9.17, 15) is 9.59 Å². The smallest absolute Gasteiger partial charge is 0.254 e. The Hall–Kier alpha value is -3.40. The molecule has 1 aliphatic heterocycles. The van der Waals surface area contributed by atoms with Gasteiger partial charge in [-0.25, -0.2) is 0 Å². The van der Waals surface area contributed by atoms with E-state index in [1.54, 1.807) is 4.90 Å². The van der Waals surface area contributed by atoms with Crippen molar-refractivity contribution in [2.24, 2.45) is 0 Å². The third kappa shape index (κ3) is 4.75. The number of hydrogen-bond acceptors (Lipinski definition) is 2. The molecule has 0 fully saturated rings. The van der Waals surface area contributed by atoms with Crippen LogP contribution in [0.4, 0.5) is 0 Å². The highest BCUT2D eigenvalue weighted by Crippen LogP contribution is 2.33. The third-order valence-electron chi connectivity index (χ3n) is 7.58. The molecule has 1 N–H and O–H groups in total. The molecule has 0 aromatic heterocycles. The van der Waals surface area contributed by atoms with Crippen LogP contribution in [0.1, 0.15) is 82.4 Å². The lowest BCUT2D eigenvalue weighted by molar-refractivity contribution is -0.127. The van der Waals surface area contributed by atoms with Gasteiger partial charge in [-0.2, -0.15) is 0 Å². The van der Waals surface area contributed by atoms with Crippen molar-refractivity contribution in [1.82, 2.24) is 10.2 Å². The van der Waals surface area contributed by atoms with Crippen LogP contribution >= 0.6 is 0 Å². The molecule has 3 aromatic rings. The average Bonchev–Trinajstić information content (AvgIpc) is 2.87. The molecule has 180 valence electrons. The van der Waals surface area contributed by atoms with E-state index in [1.807, 2.05) is 43.3 Å². The van der Waals surface area contributed by atoms with Crippen LogP contribution in [0.15, 0.2) is 66.7 Å². The number of fused-ring (bicyclic) bond motifs is 2. The Kier molecular flexibility index (Phi) is 6.46. The zero-order chi connectivity index (χ0) is 24.5. The normalized spacial score (nSPS) is 19.1. The van der Waals surface area contributed by atoms with Crippen LogP contribution in [0.3, 0.4) is 0 Å². The third-order valence-corrected chi connectivity index (χ3v) is 7.58. The number of carbonyl (C=O) groups excluding carboxylic acids is 2. The monoisotopic (exact) mass is 466 g/mol. The van der Waals surface area contributed by atoms with Gasteiger partial charge in [-0.15, -0.1) is 0 Å². The molecule has 1 aliphatic carbocycles. The zero-order valence-electron chi connectivity index (χ0n) is 20.9. The number of rotatable bonds is 4. The van der Waals surface area contributed by atoms with Gasteiger partial charge in [0.25, 0.3) is 5.91 Å². The zero-order valence-corrected chi connectivity index (χ0v) is 20.9. The second kappa shape index (κ2) is 9.69. The minimum absolute atomic E-state index is 0.0153. The first kappa shape index (κ1) is 23.3. The minimum atomic E-state index is -0.530. The highest BCUT2D eigenvalue weighted by molar-refractivity contribution is 5.98. The molecular formula is C31H34N2O2. The Bertz CT molecular complexity index is 1250.